The molecule has 0 aliphatic rings. The Hall–Kier alpha value is -1.81. The standard InChI is InChI=1S/C14H14N2OS/c1-11-5-7-12(8-6-11)16-13(17)10-18-14-4-2-3-9-15-14/h2-9H,10H2,1H3,(H,16,17). The minimum atomic E-state index is -0.0190. The fraction of sp³-hybridized carbons (Fsp3) is 0.143. The molecule has 1 N–H and O–H groups in total. The molecule has 0 unspecified atom stereocenters. The Balaban J connectivity index is 1.84. The molecular weight excluding hydrogens is 244 g/mol. The third-order valence-corrected chi connectivity index (χ3v) is 3.27. The van der Waals surface area contributed by atoms with Crippen LogP contribution in [0.1, 0.15) is 5.56 Å². The van der Waals surface area contributed by atoms with E-state index < -0.39 is 0 Å². The van der Waals surface area contributed by atoms with Gasteiger partial charge in [-0.25, -0.2) is 4.98 Å². The maximum atomic E-state index is 11.7. The Morgan fingerprint density at radius 3 is 2.67 bits per heavy atom. The number of nitrogens with one attached hydrogen (secondary N) is 1. The zero-order valence-corrected chi connectivity index (χ0v) is 10.9. The highest BCUT2D eigenvalue weighted by atomic mass is 32.2. The lowest BCUT2D eigenvalue weighted by Gasteiger charge is -2.05. The van der Waals surface area contributed by atoms with Crippen molar-refractivity contribution in [1.29, 1.82) is 0 Å². The highest BCUT2D eigenvalue weighted by molar-refractivity contribution is 7.99. The van der Waals surface area contributed by atoms with Gasteiger partial charge in [0.15, 0.2) is 0 Å². The first-order valence-corrected chi connectivity index (χ1v) is 6.63. The van der Waals surface area contributed by atoms with Gasteiger partial charge in [0.1, 0.15) is 0 Å². The van der Waals surface area contributed by atoms with Crippen LogP contribution in [-0.2, 0) is 4.79 Å². The molecule has 4 heteroatoms. The van der Waals surface area contributed by atoms with Crippen LogP contribution in [0.3, 0.4) is 0 Å². The summed E-state index contributed by atoms with van der Waals surface area (Å²) in [4.78, 5) is 15.9. The molecule has 1 aromatic carbocycles. The van der Waals surface area contributed by atoms with Gasteiger partial charge in [0, 0.05) is 11.9 Å². The smallest absolute Gasteiger partial charge is 0.234 e. The van der Waals surface area contributed by atoms with Crippen molar-refractivity contribution in [2.75, 3.05) is 11.1 Å². The van der Waals surface area contributed by atoms with Crippen LogP contribution in [0.2, 0.25) is 0 Å². The number of aryl methyl sites for hydroxylation is 1. The van der Waals surface area contributed by atoms with Gasteiger partial charge in [-0.2, -0.15) is 0 Å². The molecule has 0 aliphatic carbocycles. The van der Waals surface area contributed by atoms with Crippen LogP contribution in [0, 0.1) is 6.92 Å². The van der Waals surface area contributed by atoms with Crippen molar-refractivity contribution in [3.63, 3.8) is 0 Å². The van der Waals surface area contributed by atoms with E-state index in [1.807, 2.05) is 49.4 Å². The molecular formula is C14H14N2OS. The van der Waals surface area contributed by atoms with Crippen LogP contribution in [0.25, 0.3) is 0 Å². The van der Waals surface area contributed by atoms with E-state index in [2.05, 4.69) is 10.3 Å². The highest BCUT2D eigenvalue weighted by Crippen LogP contribution is 2.15. The van der Waals surface area contributed by atoms with Crippen LogP contribution in [0.4, 0.5) is 5.69 Å². The van der Waals surface area contributed by atoms with Gasteiger partial charge < -0.3 is 5.32 Å². The fourth-order valence-corrected chi connectivity index (χ4v) is 2.07. The van der Waals surface area contributed by atoms with Crippen molar-refractivity contribution in [2.24, 2.45) is 0 Å². The first kappa shape index (κ1) is 12.6. The minimum absolute atomic E-state index is 0.0190. The summed E-state index contributed by atoms with van der Waals surface area (Å²) in [7, 11) is 0. The average molecular weight is 258 g/mol. The second kappa shape index (κ2) is 6.21. The molecule has 0 fully saturated rings. The van der Waals surface area contributed by atoms with Crippen molar-refractivity contribution in [1.82, 2.24) is 4.98 Å². The Morgan fingerprint density at radius 1 is 1.22 bits per heavy atom. The van der Waals surface area contributed by atoms with Gasteiger partial charge in [-0.1, -0.05) is 35.5 Å². The molecule has 92 valence electrons. The van der Waals surface area contributed by atoms with Gasteiger partial charge >= 0.3 is 0 Å². The summed E-state index contributed by atoms with van der Waals surface area (Å²) in [5.41, 5.74) is 2.00. The third kappa shape index (κ3) is 3.89. The number of hydrogen-bond donors (Lipinski definition) is 1. The summed E-state index contributed by atoms with van der Waals surface area (Å²) in [6.07, 6.45) is 1.72. The summed E-state index contributed by atoms with van der Waals surface area (Å²) in [6, 6.07) is 13.4. The zero-order chi connectivity index (χ0) is 12.8. The molecule has 0 radical (unpaired) electrons. The van der Waals surface area contributed by atoms with E-state index in [9.17, 15) is 4.79 Å². The Morgan fingerprint density at radius 2 is 2.00 bits per heavy atom. The van der Waals surface area contributed by atoms with E-state index in [1.54, 1.807) is 6.20 Å². The summed E-state index contributed by atoms with van der Waals surface area (Å²) in [5, 5.41) is 3.71. The predicted molar refractivity (Wildman–Crippen MR) is 74.8 cm³/mol. The number of amides is 1. The molecule has 0 saturated heterocycles. The molecule has 0 bridgehead atoms. The molecule has 2 aromatic rings. The van der Waals surface area contributed by atoms with Crippen LogP contribution in [-0.4, -0.2) is 16.6 Å². The van der Waals surface area contributed by atoms with Crippen molar-refractivity contribution in [3.05, 3.63) is 54.2 Å². The average Bonchev–Trinajstić information content (AvgIpc) is 2.40. The van der Waals surface area contributed by atoms with Crippen LogP contribution in [0.15, 0.2) is 53.7 Å². The number of rotatable bonds is 4. The molecule has 0 aliphatic heterocycles. The Labute approximate surface area is 111 Å². The van der Waals surface area contributed by atoms with Gasteiger partial charge in [0.2, 0.25) is 5.91 Å². The number of carbonyl (C=O) groups is 1. The number of anilines is 1. The summed E-state index contributed by atoms with van der Waals surface area (Å²) in [6.45, 7) is 2.02. The van der Waals surface area contributed by atoms with Gasteiger partial charge in [-0.05, 0) is 31.2 Å². The van der Waals surface area contributed by atoms with E-state index in [0.717, 1.165) is 10.7 Å². The van der Waals surface area contributed by atoms with Crippen LogP contribution >= 0.6 is 11.8 Å². The number of pyridine rings is 1. The fourth-order valence-electron chi connectivity index (χ4n) is 1.41. The summed E-state index contributed by atoms with van der Waals surface area (Å²) >= 11 is 1.43. The van der Waals surface area contributed by atoms with Gasteiger partial charge in [-0.3, -0.25) is 4.79 Å². The van der Waals surface area contributed by atoms with E-state index >= 15 is 0 Å². The van der Waals surface area contributed by atoms with Gasteiger partial charge in [-0.15, -0.1) is 0 Å². The number of aromatic nitrogens is 1. The number of hydrogen-bond acceptors (Lipinski definition) is 3. The molecule has 0 atom stereocenters. The van der Waals surface area contributed by atoms with E-state index in [0.29, 0.717) is 5.75 Å². The Bertz CT molecular complexity index is 511. The highest BCUT2D eigenvalue weighted by Gasteiger charge is 2.03. The third-order valence-electron chi connectivity index (χ3n) is 2.32. The maximum Gasteiger partial charge on any atom is 0.234 e. The van der Waals surface area contributed by atoms with Crippen molar-refractivity contribution in [3.8, 4) is 0 Å². The molecule has 1 aromatic heterocycles. The topological polar surface area (TPSA) is 42.0 Å². The Kier molecular flexibility index (Phi) is 4.36. The van der Waals surface area contributed by atoms with Crippen molar-refractivity contribution in [2.45, 2.75) is 11.9 Å². The number of nitrogens with zero attached hydrogens (tertiary/aromatic N) is 1. The number of carbonyl (C=O) groups excluding carboxylic acids is 1. The largest absolute Gasteiger partial charge is 0.325 e. The first-order valence-electron chi connectivity index (χ1n) is 5.64. The second-order valence-electron chi connectivity index (χ2n) is 3.87. The molecule has 0 spiro atoms. The first-order chi connectivity index (χ1) is 8.74. The normalized spacial score (nSPS) is 10.1. The lowest BCUT2D eigenvalue weighted by Crippen LogP contribution is -2.13. The van der Waals surface area contributed by atoms with Crippen molar-refractivity contribution < 1.29 is 4.79 Å². The van der Waals surface area contributed by atoms with Crippen LogP contribution in [0.5, 0.6) is 0 Å². The molecule has 3 nitrogen and oxygen atoms in total. The molecule has 1 heterocycles. The summed E-state index contributed by atoms with van der Waals surface area (Å²) in [5.74, 6) is 0.347. The maximum absolute atomic E-state index is 11.7. The lowest BCUT2D eigenvalue weighted by molar-refractivity contribution is -0.113. The quantitative estimate of drug-likeness (QED) is 0.857. The lowest BCUT2D eigenvalue weighted by atomic mass is 10.2. The molecule has 0 saturated carbocycles. The molecule has 2 rings (SSSR count). The number of benzene rings is 1. The van der Waals surface area contributed by atoms with Crippen LogP contribution < -0.4 is 5.32 Å². The summed E-state index contributed by atoms with van der Waals surface area (Å²) < 4.78 is 0. The van der Waals surface area contributed by atoms with Gasteiger partial charge in [0.25, 0.3) is 0 Å². The van der Waals surface area contributed by atoms with Gasteiger partial charge in [0.05, 0.1) is 10.8 Å². The molecule has 1 amide bonds. The second-order valence-corrected chi connectivity index (χ2v) is 4.87. The zero-order valence-electron chi connectivity index (χ0n) is 10.1. The van der Waals surface area contributed by atoms with E-state index in [1.165, 1.54) is 17.3 Å². The SMILES string of the molecule is Cc1ccc(NC(=O)CSc2ccccn2)cc1. The van der Waals surface area contributed by atoms with E-state index in [4.69, 9.17) is 0 Å². The van der Waals surface area contributed by atoms with E-state index in [-0.39, 0.29) is 5.91 Å². The van der Waals surface area contributed by atoms with Crippen molar-refractivity contribution >= 4 is 23.4 Å². The number of thioether (sulfide) groups is 1. The monoisotopic (exact) mass is 258 g/mol. The minimum Gasteiger partial charge on any atom is -0.325 e. The molecule has 18 heavy (non-hydrogen) atoms. The predicted octanol–water partition coefficient (Wildman–Crippen LogP) is 3.12.